The number of para-hydroxylation sites is 2. The van der Waals surface area contributed by atoms with Gasteiger partial charge in [-0.1, -0.05) is 24.3 Å². The highest BCUT2D eigenvalue weighted by Crippen LogP contribution is 2.35. The minimum absolute atomic E-state index is 0.273. The first kappa shape index (κ1) is 27.9. The lowest BCUT2D eigenvalue weighted by atomic mass is 10.0. The van der Waals surface area contributed by atoms with Gasteiger partial charge in [0, 0.05) is 51.5 Å². The van der Waals surface area contributed by atoms with Crippen LogP contribution < -0.4 is 24.6 Å². The first-order valence-corrected chi connectivity index (χ1v) is 15.6. The molecule has 2 aliphatic heterocycles. The van der Waals surface area contributed by atoms with Crippen LogP contribution in [0.2, 0.25) is 0 Å². The van der Waals surface area contributed by atoms with E-state index in [1.54, 1.807) is 36.8 Å². The molecule has 0 aliphatic carbocycles. The molecule has 2 aromatic carbocycles. The summed E-state index contributed by atoms with van der Waals surface area (Å²) in [6.45, 7) is 4.68. The summed E-state index contributed by atoms with van der Waals surface area (Å²) in [6, 6.07) is 16.4. The molecule has 0 bridgehead atoms. The number of hydrogen-bond acceptors (Lipinski definition) is 8. The maximum Gasteiger partial charge on any atom is 0.313 e. The summed E-state index contributed by atoms with van der Waals surface area (Å²) in [5.41, 5.74) is 2.87. The molecule has 1 fully saturated rings. The van der Waals surface area contributed by atoms with Crippen LogP contribution in [0.15, 0.2) is 64.2 Å². The number of rotatable bonds is 8. The standard InChI is InChI=1S/C28H33N5O5S2/c1-38-25-8-3-2-7-23(25)32-17-15-31(16-18-32)14-12-29-27(34)28(35)30-22-11-10-21-6-4-13-33(24(21)20-22)40(36,37)26-9-5-19-39-26/h2-3,5,7-11,19-20H,4,6,12-18H2,1H3,(H,29,34)(H,30,35). The van der Waals surface area contributed by atoms with Crippen molar-refractivity contribution in [3.8, 4) is 5.75 Å². The van der Waals surface area contributed by atoms with E-state index >= 15 is 0 Å². The molecule has 40 heavy (non-hydrogen) atoms. The number of benzene rings is 2. The molecule has 3 aromatic rings. The Morgan fingerprint density at radius 1 is 0.950 bits per heavy atom. The van der Waals surface area contributed by atoms with Crippen molar-refractivity contribution in [3.63, 3.8) is 0 Å². The van der Waals surface area contributed by atoms with Crippen molar-refractivity contribution in [2.24, 2.45) is 0 Å². The molecule has 212 valence electrons. The maximum absolute atomic E-state index is 13.2. The Morgan fingerprint density at radius 2 is 1.75 bits per heavy atom. The largest absolute Gasteiger partial charge is 0.495 e. The Balaban J connectivity index is 1.12. The molecule has 0 unspecified atom stereocenters. The van der Waals surface area contributed by atoms with Crippen LogP contribution in [0, 0.1) is 0 Å². The van der Waals surface area contributed by atoms with Gasteiger partial charge in [-0.05, 0) is 54.1 Å². The SMILES string of the molecule is COc1ccccc1N1CCN(CCNC(=O)C(=O)Nc2ccc3c(c2)N(S(=O)(=O)c2cccs2)CCC3)CC1. The fourth-order valence-corrected chi connectivity index (χ4v) is 7.72. The first-order chi connectivity index (χ1) is 19.4. The quantitative estimate of drug-likeness (QED) is 0.393. The molecule has 0 saturated carbocycles. The number of methoxy groups -OCH3 is 1. The zero-order valence-electron chi connectivity index (χ0n) is 22.3. The number of piperazine rings is 1. The summed E-state index contributed by atoms with van der Waals surface area (Å²) in [7, 11) is -2.02. The topological polar surface area (TPSA) is 111 Å². The van der Waals surface area contributed by atoms with Crippen molar-refractivity contribution in [1.82, 2.24) is 10.2 Å². The number of fused-ring (bicyclic) bond motifs is 1. The smallest absolute Gasteiger partial charge is 0.313 e. The molecule has 2 aliphatic rings. The van der Waals surface area contributed by atoms with Crippen molar-refractivity contribution < 1.29 is 22.7 Å². The Bertz CT molecular complexity index is 1450. The van der Waals surface area contributed by atoms with E-state index in [4.69, 9.17) is 4.74 Å². The summed E-state index contributed by atoms with van der Waals surface area (Å²) < 4.78 is 33.5. The van der Waals surface area contributed by atoms with Crippen LogP contribution in [0.1, 0.15) is 12.0 Å². The summed E-state index contributed by atoms with van der Waals surface area (Å²) in [5.74, 6) is -0.664. The minimum atomic E-state index is -3.69. The van der Waals surface area contributed by atoms with Crippen molar-refractivity contribution in [2.75, 3.05) is 67.4 Å². The number of thiophene rings is 1. The third kappa shape index (κ3) is 6.08. The van der Waals surface area contributed by atoms with Crippen molar-refractivity contribution in [1.29, 1.82) is 0 Å². The van der Waals surface area contributed by atoms with Gasteiger partial charge < -0.3 is 20.3 Å². The van der Waals surface area contributed by atoms with E-state index in [-0.39, 0.29) is 4.21 Å². The second kappa shape index (κ2) is 12.3. The number of sulfonamides is 1. The second-order valence-corrected chi connectivity index (χ2v) is 12.7. The second-order valence-electron chi connectivity index (χ2n) is 9.67. The number of carbonyl (C=O) groups excluding carboxylic acids is 2. The third-order valence-corrected chi connectivity index (χ3v) is 10.4. The molecular weight excluding hydrogens is 550 g/mol. The van der Waals surface area contributed by atoms with Gasteiger partial charge in [0.05, 0.1) is 18.5 Å². The van der Waals surface area contributed by atoms with Crippen LogP contribution in [0.5, 0.6) is 5.75 Å². The highest BCUT2D eigenvalue weighted by molar-refractivity contribution is 7.94. The molecule has 10 nitrogen and oxygen atoms in total. The monoisotopic (exact) mass is 583 g/mol. The predicted molar refractivity (Wildman–Crippen MR) is 157 cm³/mol. The van der Waals surface area contributed by atoms with E-state index in [0.717, 1.165) is 49.6 Å². The fourth-order valence-electron chi connectivity index (χ4n) is 5.09. The molecule has 0 atom stereocenters. The lowest BCUT2D eigenvalue weighted by Gasteiger charge is -2.36. The molecule has 1 aromatic heterocycles. The first-order valence-electron chi connectivity index (χ1n) is 13.3. The number of hydrogen-bond donors (Lipinski definition) is 2. The Labute approximate surface area is 238 Å². The van der Waals surface area contributed by atoms with Gasteiger partial charge in [-0.25, -0.2) is 8.42 Å². The normalized spacial score (nSPS) is 15.8. The zero-order valence-corrected chi connectivity index (χ0v) is 24.0. The van der Waals surface area contributed by atoms with Crippen LogP contribution in [0.3, 0.4) is 0 Å². The lowest BCUT2D eigenvalue weighted by Crippen LogP contribution is -2.49. The van der Waals surface area contributed by atoms with Crippen molar-refractivity contribution in [2.45, 2.75) is 17.1 Å². The predicted octanol–water partition coefficient (Wildman–Crippen LogP) is 2.78. The maximum atomic E-state index is 13.2. The van der Waals surface area contributed by atoms with E-state index in [2.05, 4.69) is 26.5 Å². The van der Waals surface area contributed by atoms with Gasteiger partial charge in [0.25, 0.3) is 10.0 Å². The minimum Gasteiger partial charge on any atom is -0.495 e. The molecule has 0 spiro atoms. The average molecular weight is 584 g/mol. The van der Waals surface area contributed by atoms with Crippen LogP contribution >= 0.6 is 11.3 Å². The van der Waals surface area contributed by atoms with Gasteiger partial charge in [-0.2, -0.15) is 0 Å². The van der Waals surface area contributed by atoms with Gasteiger partial charge in [0.1, 0.15) is 9.96 Å². The number of ether oxygens (including phenoxy) is 1. The third-order valence-electron chi connectivity index (χ3n) is 7.18. The van der Waals surface area contributed by atoms with Gasteiger partial charge in [0.15, 0.2) is 0 Å². The van der Waals surface area contributed by atoms with Gasteiger partial charge >= 0.3 is 11.8 Å². The Morgan fingerprint density at radius 3 is 2.50 bits per heavy atom. The fraction of sp³-hybridized carbons (Fsp3) is 0.357. The van der Waals surface area contributed by atoms with Crippen LogP contribution in [0.4, 0.5) is 17.1 Å². The summed E-state index contributed by atoms with van der Waals surface area (Å²) in [5, 5.41) is 7.04. The van der Waals surface area contributed by atoms with Crippen LogP contribution in [0.25, 0.3) is 0 Å². The molecule has 2 amide bonds. The molecular formula is C28H33N5O5S2. The van der Waals surface area contributed by atoms with E-state index in [1.165, 1.54) is 15.6 Å². The highest BCUT2D eigenvalue weighted by Gasteiger charge is 2.30. The number of aryl methyl sites for hydroxylation is 1. The van der Waals surface area contributed by atoms with Crippen molar-refractivity contribution in [3.05, 3.63) is 65.5 Å². The van der Waals surface area contributed by atoms with Gasteiger partial charge in [0.2, 0.25) is 0 Å². The number of nitrogens with one attached hydrogen (secondary N) is 2. The zero-order chi connectivity index (χ0) is 28.1. The number of amides is 2. The molecule has 2 N–H and O–H groups in total. The lowest BCUT2D eigenvalue weighted by molar-refractivity contribution is -0.136. The van der Waals surface area contributed by atoms with E-state index < -0.39 is 21.8 Å². The number of carbonyl (C=O) groups is 2. The number of anilines is 3. The van der Waals surface area contributed by atoms with Crippen LogP contribution in [-0.4, -0.2) is 78.1 Å². The molecule has 1 saturated heterocycles. The Kier molecular flexibility index (Phi) is 8.57. The summed E-state index contributed by atoms with van der Waals surface area (Å²) >= 11 is 1.17. The summed E-state index contributed by atoms with van der Waals surface area (Å²) in [4.78, 5) is 29.6. The van der Waals surface area contributed by atoms with Crippen molar-refractivity contribution >= 4 is 50.2 Å². The van der Waals surface area contributed by atoms with Crippen LogP contribution in [-0.2, 0) is 26.0 Å². The molecule has 0 radical (unpaired) electrons. The number of nitrogens with zero attached hydrogens (tertiary/aromatic N) is 3. The van der Waals surface area contributed by atoms with Gasteiger partial charge in [-0.15, -0.1) is 11.3 Å². The van der Waals surface area contributed by atoms with E-state index in [9.17, 15) is 18.0 Å². The van der Waals surface area contributed by atoms with Gasteiger partial charge in [-0.3, -0.25) is 18.8 Å². The Hall–Kier alpha value is -3.61. The van der Waals surface area contributed by atoms with E-state index in [1.807, 2.05) is 24.3 Å². The highest BCUT2D eigenvalue weighted by atomic mass is 32.2. The van der Waals surface area contributed by atoms with E-state index in [0.29, 0.717) is 37.4 Å². The summed E-state index contributed by atoms with van der Waals surface area (Å²) in [6.07, 6.45) is 1.45. The molecule has 12 heteroatoms. The average Bonchev–Trinajstić information content (AvgIpc) is 3.53. The molecule has 3 heterocycles. The molecule has 5 rings (SSSR count).